The van der Waals surface area contributed by atoms with Crippen LogP contribution in [0.25, 0.3) is 0 Å². The molecule has 2 fully saturated rings. The Hall–Kier alpha value is -0.520. The lowest BCUT2D eigenvalue weighted by Gasteiger charge is -2.35. The van der Waals surface area contributed by atoms with Gasteiger partial charge < -0.3 is 5.32 Å². The zero-order valence-corrected chi connectivity index (χ0v) is 13.3. The van der Waals surface area contributed by atoms with Gasteiger partial charge in [0.1, 0.15) is 11.6 Å². The second kappa shape index (κ2) is 5.04. The minimum atomic E-state index is -0.476. The first-order valence-electron chi connectivity index (χ1n) is 6.99. The second-order valence-corrected chi connectivity index (χ2v) is 7.24. The Bertz CT molecular complexity index is 533. The van der Waals surface area contributed by atoms with Crippen molar-refractivity contribution in [2.75, 3.05) is 19.6 Å². The standard InChI is InChI=1S/C15H19BrF2N2/c1-15(2)11-6-19-5-9(11)7-20(15)8-10-13(17)4-3-12(16)14(10)18/h3-4,9,11,19H,5-8H2,1-2H3. The molecule has 110 valence electrons. The van der Waals surface area contributed by atoms with Crippen LogP contribution >= 0.6 is 15.9 Å². The molecule has 0 bridgehead atoms. The van der Waals surface area contributed by atoms with Gasteiger partial charge in [-0.05, 0) is 60.3 Å². The molecule has 2 aliphatic rings. The first kappa shape index (κ1) is 14.4. The van der Waals surface area contributed by atoms with Crippen molar-refractivity contribution in [3.8, 4) is 0 Å². The van der Waals surface area contributed by atoms with Crippen molar-refractivity contribution < 1.29 is 8.78 Å². The maximum atomic E-state index is 14.1. The summed E-state index contributed by atoms with van der Waals surface area (Å²) >= 11 is 3.14. The Morgan fingerprint density at radius 1 is 1.35 bits per heavy atom. The van der Waals surface area contributed by atoms with E-state index < -0.39 is 11.6 Å². The van der Waals surface area contributed by atoms with Crippen LogP contribution in [0.15, 0.2) is 16.6 Å². The largest absolute Gasteiger partial charge is 0.316 e. The number of halogens is 3. The van der Waals surface area contributed by atoms with Gasteiger partial charge in [0.2, 0.25) is 0 Å². The number of hydrogen-bond donors (Lipinski definition) is 1. The Kier molecular flexibility index (Phi) is 3.63. The molecule has 5 heteroatoms. The van der Waals surface area contributed by atoms with Crippen molar-refractivity contribution in [1.29, 1.82) is 0 Å². The van der Waals surface area contributed by atoms with Gasteiger partial charge in [0.05, 0.1) is 4.47 Å². The van der Waals surface area contributed by atoms with Gasteiger partial charge in [-0.15, -0.1) is 0 Å². The summed E-state index contributed by atoms with van der Waals surface area (Å²) in [6.45, 7) is 7.59. The van der Waals surface area contributed by atoms with E-state index in [9.17, 15) is 8.78 Å². The SMILES string of the molecule is CC1(C)C2CNCC2CN1Cc1c(F)ccc(Br)c1F. The third kappa shape index (κ3) is 2.20. The fraction of sp³-hybridized carbons (Fsp3) is 0.600. The van der Waals surface area contributed by atoms with Crippen molar-refractivity contribution in [2.24, 2.45) is 11.8 Å². The van der Waals surface area contributed by atoms with Crippen LogP contribution < -0.4 is 5.32 Å². The van der Waals surface area contributed by atoms with Crippen LogP contribution in [-0.4, -0.2) is 30.1 Å². The highest BCUT2D eigenvalue weighted by Gasteiger charge is 2.49. The lowest BCUT2D eigenvalue weighted by molar-refractivity contribution is 0.129. The van der Waals surface area contributed by atoms with E-state index in [1.807, 2.05) is 0 Å². The zero-order valence-electron chi connectivity index (χ0n) is 11.7. The minimum Gasteiger partial charge on any atom is -0.316 e. The van der Waals surface area contributed by atoms with Crippen molar-refractivity contribution >= 4 is 15.9 Å². The highest BCUT2D eigenvalue weighted by molar-refractivity contribution is 9.10. The van der Waals surface area contributed by atoms with Crippen molar-refractivity contribution in [1.82, 2.24) is 10.2 Å². The van der Waals surface area contributed by atoms with Crippen molar-refractivity contribution in [2.45, 2.75) is 25.9 Å². The predicted molar refractivity (Wildman–Crippen MR) is 78.4 cm³/mol. The van der Waals surface area contributed by atoms with Crippen LogP contribution in [0.5, 0.6) is 0 Å². The van der Waals surface area contributed by atoms with E-state index in [0.717, 1.165) is 19.6 Å². The molecule has 3 rings (SSSR count). The monoisotopic (exact) mass is 344 g/mol. The number of likely N-dealkylation sites (tertiary alicyclic amines) is 1. The average Bonchev–Trinajstić information content (AvgIpc) is 2.94. The minimum absolute atomic E-state index is 0.0324. The molecule has 2 unspecified atom stereocenters. The van der Waals surface area contributed by atoms with Gasteiger partial charge in [0, 0.05) is 30.7 Å². The summed E-state index contributed by atoms with van der Waals surface area (Å²) in [7, 11) is 0. The molecule has 2 heterocycles. The number of rotatable bonds is 2. The molecular formula is C15H19BrF2N2. The molecule has 0 aromatic heterocycles. The molecule has 2 saturated heterocycles. The number of fused-ring (bicyclic) bond motifs is 1. The summed E-state index contributed by atoms with van der Waals surface area (Å²) < 4.78 is 28.4. The number of nitrogens with zero attached hydrogens (tertiary/aromatic N) is 1. The summed E-state index contributed by atoms with van der Waals surface area (Å²) in [5.41, 5.74) is 0.135. The van der Waals surface area contributed by atoms with E-state index >= 15 is 0 Å². The third-order valence-corrected chi connectivity index (χ3v) is 5.62. The van der Waals surface area contributed by atoms with Gasteiger partial charge in [0.25, 0.3) is 0 Å². The summed E-state index contributed by atoms with van der Waals surface area (Å²) in [4.78, 5) is 2.22. The lowest BCUT2D eigenvalue weighted by atomic mass is 9.85. The predicted octanol–water partition coefficient (Wildman–Crippen LogP) is 3.16. The molecule has 0 amide bonds. The molecule has 0 aliphatic carbocycles. The van der Waals surface area contributed by atoms with E-state index in [0.29, 0.717) is 22.9 Å². The topological polar surface area (TPSA) is 15.3 Å². The fourth-order valence-corrected chi connectivity index (χ4v) is 4.05. The van der Waals surface area contributed by atoms with Crippen molar-refractivity contribution in [3.63, 3.8) is 0 Å². The summed E-state index contributed by atoms with van der Waals surface area (Å²) in [6.07, 6.45) is 0. The summed E-state index contributed by atoms with van der Waals surface area (Å²) in [5.74, 6) is 0.205. The molecule has 1 aromatic rings. The smallest absolute Gasteiger partial charge is 0.144 e. The molecule has 2 atom stereocenters. The number of nitrogens with one attached hydrogen (secondary N) is 1. The highest BCUT2D eigenvalue weighted by atomic mass is 79.9. The molecule has 20 heavy (non-hydrogen) atoms. The van der Waals surface area contributed by atoms with E-state index in [2.05, 4.69) is 40.0 Å². The first-order chi connectivity index (χ1) is 9.41. The molecule has 0 saturated carbocycles. The van der Waals surface area contributed by atoms with Crippen LogP contribution in [0.1, 0.15) is 19.4 Å². The second-order valence-electron chi connectivity index (χ2n) is 6.38. The average molecular weight is 345 g/mol. The van der Waals surface area contributed by atoms with Crippen LogP contribution in [0, 0.1) is 23.5 Å². The van der Waals surface area contributed by atoms with Gasteiger partial charge >= 0.3 is 0 Å². The van der Waals surface area contributed by atoms with Gasteiger partial charge in [-0.3, -0.25) is 4.90 Å². The van der Waals surface area contributed by atoms with Crippen LogP contribution in [0.4, 0.5) is 8.78 Å². The van der Waals surface area contributed by atoms with Crippen LogP contribution in [-0.2, 0) is 6.54 Å². The van der Waals surface area contributed by atoms with E-state index in [4.69, 9.17) is 0 Å². The number of hydrogen-bond acceptors (Lipinski definition) is 2. The van der Waals surface area contributed by atoms with E-state index in [1.54, 1.807) is 0 Å². The molecule has 0 radical (unpaired) electrons. The van der Waals surface area contributed by atoms with E-state index in [1.165, 1.54) is 12.1 Å². The third-order valence-electron chi connectivity index (χ3n) is 5.01. The summed E-state index contributed by atoms with van der Waals surface area (Å²) in [6, 6.07) is 2.75. The lowest BCUT2D eigenvalue weighted by Crippen LogP contribution is -2.44. The van der Waals surface area contributed by atoms with Crippen LogP contribution in [0.3, 0.4) is 0 Å². The number of benzene rings is 1. The highest BCUT2D eigenvalue weighted by Crippen LogP contribution is 2.41. The van der Waals surface area contributed by atoms with E-state index in [-0.39, 0.29) is 11.1 Å². The quantitative estimate of drug-likeness (QED) is 0.829. The maximum Gasteiger partial charge on any atom is 0.144 e. The van der Waals surface area contributed by atoms with Crippen molar-refractivity contribution in [3.05, 3.63) is 33.8 Å². The molecule has 2 nitrogen and oxygen atoms in total. The van der Waals surface area contributed by atoms with Crippen LogP contribution in [0.2, 0.25) is 0 Å². The normalized spacial score (nSPS) is 28.9. The first-order valence-corrected chi connectivity index (χ1v) is 7.78. The van der Waals surface area contributed by atoms with Gasteiger partial charge in [-0.25, -0.2) is 8.78 Å². The Morgan fingerprint density at radius 2 is 2.10 bits per heavy atom. The summed E-state index contributed by atoms with van der Waals surface area (Å²) in [5, 5.41) is 3.41. The Balaban J connectivity index is 1.87. The molecular weight excluding hydrogens is 326 g/mol. The van der Waals surface area contributed by atoms with Gasteiger partial charge in [-0.2, -0.15) is 0 Å². The Labute approximate surface area is 126 Å². The maximum absolute atomic E-state index is 14.1. The molecule has 1 aromatic carbocycles. The molecule has 1 N–H and O–H groups in total. The molecule has 2 aliphatic heterocycles. The zero-order chi connectivity index (χ0) is 14.5. The van der Waals surface area contributed by atoms with Gasteiger partial charge in [0.15, 0.2) is 0 Å². The molecule has 0 spiro atoms. The van der Waals surface area contributed by atoms with Gasteiger partial charge in [-0.1, -0.05) is 0 Å². The fourth-order valence-electron chi connectivity index (χ4n) is 3.68. The Morgan fingerprint density at radius 3 is 2.80 bits per heavy atom.